The van der Waals surface area contributed by atoms with Gasteiger partial charge in [0, 0.05) is 24.1 Å². The van der Waals surface area contributed by atoms with Crippen LogP contribution in [0.3, 0.4) is 0 Å². The molecule has 144 valence electrons. The van der Waals surface area contributed by atoms with Crippen molar-refractivity contribution in [2.75, 3.05) is 11.1 Å². The van der Waals surface area contributed by atoms with Crippen LogP contribution in [0.5, 0.6) is 0 Å². The predicted octanol–water partition coefficient (Wildman–Crippen LogP) is 4.44. The molecule has 3 aromatic rings. The van der Waals surface area contributed by atoms with Crippen LogP contribution in [0, 0.1) is 32.1 Å². The molecular weight excluding hydrogens is 372 g/mol. The fraction of sp³-hybridized carbons (Fsp3) is 0.286. The largest absolute Gasteiger partial charge is 0.467 e. The van der Waals surface area contributed by atoms with Crippen LogP contribution in [0.2, 0.25) is 0 Å². The summed E-state index contributed by atoms with van der Waals surface area (Å²) < 4.78 is 7.35. The van der Waals surface area contributed by atoms with Crippen LogP contribution in [0.15, 0.2) is 46.2 Å². The topological polar surface area (TPSA) is 83.9 Å². The van der Waals surface area contributed by atoms with Gasteiger partial charge in [-0.3, -0.25) is 4.79 Å². The summed E-state index contributed by atoms with van der Waals surface area (Å²) in [6.45, 7) is 6.28. The molecule has 0 saturated heterocycles. The maximum absolute atomic E-state index is 12.5. The predicted molar refractivity (Wildman–Crippen MR) is 109 cm³/mol. The fourth-order valence-electron chi connectivity index (χ4n) is 2.87. The number of aromatic nitrogens is 2. The second kappa shape index (κ2) is 8.81. The molecule has 0 aliphatic rings. The van der Waals surface area contributed by atoms with Crippen LogP contribution in [-0.2, 0) is 11.3 Å². The molecule has 0 fully saturated rings. The number of nitrogens with one attached hydrogen (secondary N) is 1. The van der Waals surface area contributed by atoms with E-state index in [0.717, 1.165) is 27.6 Å². The Hall–Kier alpha value is -2.98. The number of nitriles is 1. The summed E-state index contributed by atoms with van der Waals surface area (Å²) in [7, 11) is 0. The molecule has 1 N–H and O–H groups in total. The summed E-state index contributed by atoms with van der Waals surface area (Å²) in [6, 6.07) is 9.86. The Morgan fingerprint density at radius 1 is 1.32 bits per heavy atom. The minimum atomic E-state index is -0.130. The standard InChI is InChI=1S/C21H22N4O2S/c1-14-6-7-20(23-12-14)28-10-8-19(26)24-21-18(11-22)15(2)16(3)25(21)13-17-5-4-9-27-17/h4-7,9,12H,8,10,13H2,1-3H3,(H,24,26). The van der Waals surface area contributed by atoms with Gasteiger partial charge in [-0.05, 0) is 50.1 Å². The third-order valence-corrected chi connectivity index (χ3v) is 5.50. The van der Waals surface area contributed by atoms with Gasteiger partial charge in [0.05, 0.1) is 23.4 Å². The molecule has 6 nitrogen and oxygen atoms in total. The van der Waals surface area contributed by atoms with E-state index < -0.39 is 0 Å². The molecule has 0 unspecified atom stereocenters. The lowest BCUT2D eigenvalue weighted by atomic mass is 10.2. The van der Waals surface area contributed by atoms with Gasteiger partial charge in [0.2, 0.25) is 5.91 Å². The zero-order chi connectivity index (χ0) is 20.1. The molecule has 3 heterocycles. The minimum absolute atomic E-state index is 0.130. The number of carbonyl (C=O) groups excluding carboxylic acids is 1. The van der Waals surface area contributed by atoms with Gasteiger partial charge in [0.1, 0.15) is 17.6 Å². The number of furan rings is 1. The zero-order valence-corrected chi connectivity index (χ0v) is 17.0. The van der Waals surface area contributed by atoms with Crippen LogP contribution in [0.1, 0.15) is 34.6 Å². The summed E-state index contributed by atoms with van der Waals surface area (Å²) in [5.74, 6) is 1.77. The van der Waals surface area contributed by atoms with Crippen molar-refractivity contribution < 1.29 is 9.21 Å². The Kier molecular flexibility index (Phi) is 6.22. The maximum Gasteiger partial charge on any atom is 0.226 e. The first-order valence-corrected chi connectivity index (χ1v) is 9.95. The second-order valence-electron chi connectivity index (χ2n) is 6.53. The normalized spacial score (nSPS) is 10.6. The highest BCUT2D eigenvalue weighted by atomic mass is 32.2. The summed E-state index contributed by atoms with van der Waals surface area (Å²) >= 11 is 1.54. The number of amides is 1. The number of anilines is 1. The molecule has 0 radical (unpaired) electrons. The lowest BCUT2D eigenvalue weighted by Gasteiger charge is -2.12. The van der Waals surface area contributed by atoms with E-state index >= 15 is 0 Å². The number of thioether (sulfide) groups is 1. The highest BCUT2D eigenvalue weighted by Crippen LogP contribution is 2.28. The van der Waals surface area contributed by atoms with Crippen LogP contribution in [0.25, 0.3) is 0 Å². The molecule has 1 amide bonds. The second-order valence-corrected chi connectivity index (χ2v) is 7.65. The monoisotopic (exact) mass is 394 g/mol. The Morgan fingerprint density at radius 2 is 2.14 bits per heavy atom. The van der Waals surface area contributed by atoms with E-state index in [0.29, 0.717) is 30.1 Å². The van der Waals surface area contributed by atoms with Crippen LogP contribution in [0.4, 0.5) is 5.82 Å². The van der Waals surface area contributed by atoms with Crippen LogP contribution in [-0.4, -0.2) is 21.2 Å². The van der Waals surface area contributed by atoms with E-state index in [4.69, 9.17) is 4.42 Å². The number of rotatable bonds is 7. The number of carbonyl (C=O) groups is 1. The lowest BCUT2D eigenvalue weighted by Crippen LogP contribution is -2.17. The molecule has 3 aromatic heterocycles. The van der Waals surface area contributed by atoms with Crippen molar-refractivity contribution >= 4 is 23.5 Å². The number of hydrogen-bond acceptors (Lipinski definition) is 5. The number of nitrogens with zero attached hydrogens (tertiary/aromatic N) is 3. The van der Waals surface area contributed by atoms with E-state index in [9.17, 15) is 10.1 Å². The van der Waals surface area contributed by atoms with E-state index in [1.165, 1.54) is 11.8 Å². The third-order valence-electron chi connectivity index (χ3n) is 4.56. The molecule has 0 atom stereocenters. The van der Waals surface area contributed by atoms with Crippen molar-refractivity contribution in [1.29, 1.82) is 5.26 Å². The molecule has 0 aliphatic heterocycles. The average molecular weight is 395 g/mol. The molecular formula is C21H22N4O2S. The van der Waals surface area contributed by atoms with Crippen molar-refractivity contribution in [2.45, 2.75) is 38.8 Å². The van der Waals surface area contributed by atoms with E-state index in [-0.39, 0.29) is 5.91 Å². The first kappa shape index (κ1) is 19.8. The van der Waals surface area contributed by atoms with Gasteiger partial charge in [0.25, 0.3) is 0 Å². The molecule has 0 saturated carbocycles. The number of aryl methyl sites for hydroxylation is 1. The van der Waals surface area contributed by atoms with Crippen LogP contribution < -0.4 is 5.32 Å². The molecule has 28 heavy (non-hydrogen) atoms. The summed E-state index contributed by atoms with van der Waals surface area (Å²) in [5, 5.41) is 13.4. The van der Waals surface area contributed by atoms with E-state index in [1.807, 2.05) is 55.8 Å². The highest BCUT2D eigenvalue weighted by molar-refractivity contribution is 7.99. The molecule has 0 aliphatic carbocycles. The lowest BCUT2D eigenvalue weighted by molar-refractivity contribution is -0.115. The van der Waals surface area contributed by atoms with Gasteiger partial charge in [-0.1, -0.05) is 6.07 Å². The first-order valence-electron chi connectivity index (χ1n) is 8.97. The van der Waals surface area contributed by atoms with Crippen LogP contribution >= 0.6 is 11.8 Å². The Balaban J connectivity index is 1.69. The van der Waals surface area contributed by atoms with Gasteiger partial charge in [0.15, 0.2) is 0 Å². The van der Waals surface area contributed by atoms with Gasteiger partial charge in [-0.25, -0.2) is 4.98 Å². The minimum Gasteiger partial charge on any atom is -0.467 e. The van der Waals surface area contributed by atoms with Crippen molar-refractivity contribution in [3.8, 4) is 6.07 Å². The number of pyridine rings is 1. The highest BCUT2D eigenvalue weighted by Gasteiger charge is 2.20. The molecule has 0 aromatic carbocycles. The summed E-state index contributed by atoms with van der Waals surface area (Å²) in [4.78, 5) is 16.8. The third kappa shape index (κ3) is 4.46. The SMILES string of the molecule is Cc1ccc(SCCC(=O)Nc2c(C#N)c(C)c(C)n2Cc2ccco2)nc1. The zero-order valence-electron chi connectivity index (χ0n) is 16.2. The van der Waals surface area contributed by atoms with E-state index in [1.54, 1.807) is 6.26 Å². The van der Waals surface area contributed by atoms with Crippen molar-refractivity contribution in [3.05, 3.63) is 64.9 Å². The summed E-state index contributed by atoms with van der Waals surface area (Å²) in [6.07, 6.45) is 3.75. The van der Waals surface area contributed by atoms with Crippen molar-refractivity contribution in [2.24, 2.45) is 0 Å². The maximum atomic E-state index is 12.5. The fourth-order valence-corrected chi connectivity index (χ4v) is 3.66. The smallest absolute Gasteiger partial charge is 0.226 e. The van der Waals surface area contributed by atoms with Gasteiger partial charge in [-0.15, -0.1) is 11.8 Å². The first-order chi connectivity index (χ1) is 13.5. The quantitative estimate of drug-likeness (QED) is 0.599. The number of hydrogen-bond donors (Lipinski definition) is 1. The molecule has 0 bridgehead atoms. The molecule has 7 heteroatoms. The van der Waals surface area contributed by atoms with Crippen molar-refractivity contribution in [1.82, 2.24) is 9.55 Å². The Labute approximate surface area is 168 Å². The molecule has 0 spiro atoms. The van der Waals surface area contributed by atoms with Crippen molar-refractivity contribution in [3.63, 3.8) is 0 Å². The summed E-state index contributed by atoms with van der Waals surface area (Å²) in [5.41, 5.74) is 3.39. The Morgan fingerprint density at radius 3 is 2.79 bits per heavy atom. The van der Waals surface area contributed by atoms with Gasteiger partial charge >= 0.3 is 0 Å². The Bertz CT molecular complexity index is 999. The van der Waals surface area contributed by atoms with E-state index in [2.05, 4.69) is 16.4 Å². The molecule has 3 rings (SSSR count). The average Bonchev–Trinajstić information content (AvgIpc) is 3.26. The van der Waals surface area contributed by atoms with Gasteiger partial charge in [-0.2, -0.15) is 5.26 Å². The van der Waals surface area contributed by atoms with Gasteiger partial charge < -0.3 is 14.3 Å².